The lowest BCUT2D eigenvalue weighted by Crippen LogP contribution is -2.24. The number of methoxy groups -OCH3 is 1. The Morgan fingerprint density at radius 3 is 2.39 bits per heavy atom. The molecule has 0 spiro atoms. The lowest BCUT2D eigenvalue weighted by molar-refractivity contribution is 0.170. The highest BCUT2D eigenvalue weighted by molar-refractivity contribution is 7.98. The second kappa shape index (κ2) is 8.34. The molecule has 0 amide bonds. The summed E-state index contributed by atoms with van der Waals surface area (Å²) in [5.41, 5.74) is 1.68. The molecule has 2 unspecified atom stereocenters. The summed E-state index contributed by atoms with van der Waals surface area (Å²) < 4.78 is 18.9. The van der Waals surface area contributed by atoms with Crippen LogP contribution >= 0.6 is 11.8 Å². The van der Waals surface area contributed by atoms with Gasteiger partial charge in [0.05, 0.1) is 13.2 Å². The van der Waals surface area contributed by atoms with Gasteiger partial charge in [-0.05, 0) is 48.6 Å². The molecule has 2 N–H and O–H groups in total. The maximum absolute atomic E-state index is 13.8. The van der Waals surface area contributed by atoms with Gasteiger partial charge in [0.1, 0.15) is 11.6 Å². The lowest BCUT2D eigenvalue weighted by Gasteiger charge is -2.18. The topological polar surface area (TPSA) is 41.5 Å². The van der Waals surface area contributed by atoms with E-state index in [4.69, 9.17) is 4.74 Å². The summed E-state index contributed by atoms with van der Waals surface area (Å²) in [6.45, 7) is 2.34. The molecule has 3 nitrogen and oxygen atoms in total. The van der Waals surface area contributed by atoms with Gasteiger partial charge in [0.15, 0.2) is 0 Å². The van der Waals surface area contributed by atoms with E-state index < -0.39 is 6.10 Å². The molecule has 0 saturated carbocycles. The number of thioether (sulfide) groups is 1. The third-order valence-corrected chi connectivity index (χ3v) is 4.56. The predicted octanol–water partition coefficient (Wildman–Crippen LogP) is 3.94. The van der Waals surface area contributed by atoms with Crippen molar-refractivity contribution < 1.29 is 14.2 Å². The van der Waals surface area contributed by atoms with E-state index in [9.17, 15) is 9.50 Å². The monoisotopic (exact) mass is 335 g/mol. The molecule has 2 atom stereocenters. The molecule has 0 saturated heterocycles. The maximum Gasteiger partial charge on any atom is 0.137 e. The zero-order valence-corrected chi connectivity index (χ0v) is 14.4. The summed E-state index contributed by atoms with van der Waals surface area (Å²) in [5.74, 6) is 0.547. The van der Waals surface area contributed by atoms with Gasteiger partial charge < -0.3 is 15.2 Å². The SMILES string of the molecule is COc1ccc(C(O)CNC(C)c2ccc(SC)c(F)c2)cc1. The molecule has 0 fully saturated rings. The molecule has 0 bridgehead atoms. The Bertz CT molecular complexity index is 633. The molecule has 0 aliphatic rings. The van der Waals surface area contributed by atoms with E-state index in [1.807, 2.05) is 43.5 Å². The van der Waals surface area contributed by atoms with E-state index in [-0.39, 0.29) is 11.9 Å². The van der Waals surface area contributed by atoms with Gasteiger partial charge in [0.25, 0.3) is 0 Å². The summed E-state index contributed by atoms with van der Waals surface area (Å²) in [4.78, 5) is 0.638. The van der Waals surface area contributed by atoms with Crippen molar-refractivity contribution in [1.82, 2.24) is 5.32 Å². The van der Waals surface area contributed by atoms with Gasteiger partial charge in [-0.1, -0.05) is 18.2 Å². The van der Waals surface area contributed by atoms with Crippen molar-refractivity contribution >= 4 is 11.8 Å². The van der Waals surface area contributed by atoms with Crippen LogP contribution in [-0.4, -0.2) is 25.0 Å². The van der Waals surface area contributed by atoms with Gasteiger partial charge >= 0.3 is 0 Å². The van der Waals surface area contributed by atoms with E-state index in [1.165, 1.54) is 11.8 Å². The highest BCUT2D eigenvalue weighted by atomic mass is 32.2. The van der Waals surface area contributed by atoms with Crippen molar-refractivity contribution in [3.63, 3.8) is 0 Å². The fourth-order valence-electron chi connectivity index (χ4n) is 2.30. The molecule has 0 radical (unpaired) electrons. The fourth-order valence-corrected chi connectivity index (χ4v) is 2.76. The lowest BCUT2D eigenvalue weighted by atomic mass is 10.1. The Hall–Kier alpha value is -1.56. The number of aliphatic hydroxyl groups excluding tert-OH is 1. The van der Waals surface area contributed by atoms with Gasteiger partial charge in [0, 0.05) is 17.5 Å². The average molecular weight is 335 g/mol. The first-order chi connectivity index (χ1) is 11.0. The van der Waals surface area contributed by atoms with Crippen molar-refractivity contribution in [2.24, 2.45) is 0 Å². The number of aliphatic hydroxyl groups is 1. The summed E-state index contributed by atoms with van der Waals surface area (Å²) >= 11 is 1.39. The summed E-state index contributed by atoms with van der Waals surface area (Å²) in [6.07, 6.45) is 1.23. The number of benzene rings is 2. The first kappa shape index (κ1) is 17.8. The maximum atomic E-state index is 13.8. The van der Waals surface area contributed by atoms with Crippen LogP contribution in [0.5, 0.6) is 5.75 Å². The largest absolute Gasteiger partial charge is 0.497 e. The van der Waals surface area contributed by atoms with Crippen molar-refractivity contribution in [2.45, 2.75) is 24.0 Å². The molecular formula is C18H22FNO2S. The molecule has 2 rings (SSSR count). The zero-order chi connectivity index (χ0) is 16.8. The highest BCUT2D eigenvalue weighted by Crippen LogP contribution is 2.23. The second-order valence-corrected chi connectivity index (χ2v) is 6.16. The molecule has 2 aromatic rings. The quantitative estimate of drug-likeness (QED) is 0.752. The van der Waals surface area contributed by atoms with Gasteiger partial charge in [-0.2, -0.15) is 0 Å². The van der Waals surface area contributed by atoms with Crippen LogP contribution < -0.4 is 10.1 Å². The Morgan fingerprint density at radius 2 is 1.83 bits per heavy atom. The number of rotatable bonds is 7. The van der Waals surface area contributed by atoms with Crippen LogP contribution in [0.15, 0.2) is 47.4 Å². The van der Waals surface area contributed by atoms with Crippen LogP contribution in [0.2, 0.25) is 0 Å². The highest BCUT2D eigenvalue weighted by Gasteiger charge is 2.12. The third kappa shape index (κ3) is 4.70. The van der Waals surface area contributed by atoms with Crippen molar-refractivity contribution in [2.75, 3.05) is 19.9 Å². The van der Waals surface area contributed by atoms with Crippen molar-refractivity contribution in [1.29, 1.82) is 0 Å². The number of hydrogen-bond donors (Lipinski definition) is 2. The van der Waals surface area contributed by atoms with E-state index in [0.29, 0.717) is 11.4 Å². The number of halogens is 1. The first-order valence-electron chi connectivity index (χ1n) is 7.44. The smallest absolute Gasteiger partial charge is 0.137 e. The van der Waals surface area contributed by atoms with Crippen LogP contribution in [0.25, 0.3) is 0 Å². The van der Waals surface area contributed by atoms with Crippen LogP contribution in [0.4, 0.5) is 4.39 Å². The molecule has 5 heteroatoms. The second-order valence-electron chi connectivity index (χ2n) is 5.31. The van der Waals surface area contributed by atoms with Crippen LogP contribution in [0, 0.1) is 5.82 Å². The predicted molar refractivity (Wildman–Crippen MR) is 92.6 cm³/mol. The van der Waals surface area contributed by atoms with Crippen LogP contribution in [0.3, 0.4) is 0 Å². The minimum Gasteiger partial charge on any atom is -0.497 e. The molecule has 23 heavy (non-hydrogen) atoms. The first-order valence-corrected chi connectivity index (χ1v) is 8.66. The standard InChI is InChI=1S/C18H22FNO2S/c1-12(14-6-9-18(23-3)16(19)10-14)20-11-17(21)13-4-7-15(22-2)8-5-13/h4-10,12,17,20-21H,11H2,1-3H3. The number of nitrogens with one attached hydrogen (secondary N) is 1. The van der Waals surface area contributed by atoms with Gasteiger partial charge in [0.2, 0.25) is 0 Å². The van der Waals surface area contributed by atoms with Crippen LogP contribution in [-0.2, 0) is 0 Å². The van der Waals surface area contributed by atoms with E-state index >= 15 is 0 Å². The Labute approximate surface area is 140 Å². The van der Waals surface area contributed by atoms with E-state index in [2.05, 4.69) is 5.32 Å². The van der Waals surface area contributed by atoms with Crippen molar-refractivity contribution in [3.8, 4) is 5.75 Å². The molecule has 124 valence electrons. The van der Waals surface area contributed by atoms with E-state index in [1.54, 1.807) is 19.2 Å². The normalized spacial score (nSPS) is 13.6. The van der Waals surface area contributed by atoms with Crippen molar-refractivity contribution in [3.05, 3.63) is 59.4 Å². The molecule has 0 aromatic heterocycles. The summed E-state index contributed by atoms with van der Waals surface area (Å²) in [6, 6.07) is 12.5. The minimum absolute atomic E-state index is 0.0479. The molecule has 0 aliphatic carbocycles. The van der Waals surface area contributed by atoms with Gasteiger partial charge in [-0.15, -0.1) is 11.8 Å². The zero-order valence-electron chi connectivity index (χ0n) is 13.5. The Balaban J connectivity index is 1.94. The van der Waals surface area contributed by atoms with Gasteiger partial charge in [-0.3, -0.25) is 0 Å². The Kier molecular flexibility index (Phi) is 6.45. The summed E-state index contributed by atoms with van der Waals surface area (Å²) in [7, 11) is 1.61. The number of hydrogen-bond acceptors (Lipinski definition) is 4. The number of ether oxygens (including phenoxy) is 1. The summed E-state index contributed by atoms with van der Waals surface area (Å²) in [5, 5.41) is 13.5. The molecule has 0 heterocycles. The molecule has 2 aromatic carbocycles. The third-order valence-electron chi connectivity index (χ3n) is 3.79. The molecular weight excluding hydrogens is 313 g/mol. The fraction of sp³-hybridized carbons (Fsp3) is 0.333. The molecule has 0 aliphatic heterocycles. The van der Waals surface area contributed by atoms with E-state index in [0.717, 1.165) is 16.9 Å². The Morgan fingerprint density at radius 1 is 1.17 bits per heavy atom. The minimum atomic E-state index is -0.626. The average Bonchev–Trinajstić information content (AvgIpc) is 2.59. The van der Waals surface area contributed by atoms with Gasteiger partial charge in [-0.25, -0.2) is 4.39 Å². The van der Waals surface area contributed by atoms with Crippen LogP contribution in [0.1, 0.15) is 30.2 Å².